The van der Waals surface area contributed by atoms with E-state index in [1.807, 2.05) is 4.90 Å². The summed E-state index contributed by atoms with van der Waals surface area (Å²) in [7, 11) is 2.09. The van der Waals surface area contributed by atoms with Crippen LogP contribution in [0.3, 0.4) is 0 Å². The molecule has 1 saturated heterocycles. The predicted octanol–water partition coefficient (Wildman–Crippen LogP) is 2.22. The van der Waals surface area contributed by atoms with Gasteiger partial charge in [-0.3, -0.25) is 9.69 Å². The maximum atomic E-state index is 12.2. The number of aromatic nitrogens is 3. The molecule has 2 aromatic heterocycles. The van der Waals surface area contributed by atoms with Gasteiger partial charge in [-0.05, 0) is 37.9 Å². The SMILES string of the molecule is CC(=O)N(Cc1cncnc1)[C@@H]1CCCN(Cc2cccn2C)CC1. The minimum absolute atomic E-state index is 0.129. The smallest absolute Gasteiger partial charge is 0.219 e. The molecule has 1 aliphatic rings. The van der Waals surface area contributed by atoms with Crippen LogP contribution in [0.4, 0.5) is 0 Å². The van der Waals surface area contributed by atoms with Crippen LogP contribution in [0.25, 0.3) is 0 Å². The lowest BCUT2D eigenvalue weighted by molar-refractivity contribution is -0.132. The van der Waals surface area contributed by atoms with Crippen LogP contribution in [0.2, 0.25) is 0 Å². The molecule has 0 spiro atoms. The van der Waals surface area contributed by atoms with Gasteiger partial charge in [0.05, 0.1) is 0 Å². The Balaban J connectivity index is 1.62. The van der Waals surface area contributed by atoms with Crippen LogP contribution in [0.15, 0.2) is 37.1 Å². The number of aryl methyl sites for hydroxylation is 1. The maximum Gasteiger partial charge on any atom is 0.219 e. The van der Waals surface area contributed by atoms with Crippen molar-refractivity contribution in [1.82, 2.24) is 24.3 Å². The zero-order chi connectivity index (χ0) is 17.6. The summed E-state index contributed by atoms with van der Waals surface area (Å²) in [5, 5.41) is 0. The molecular weight excluding hydrogens is 314 g/mol. The van der Waals surface area contributed by atoms with E-state index >= 15 is 0 Å². The first kappa shape index (κ1) is 17.6. The van der Waals surface area contributed by atoms with Crippen molar-refractivity contribution in [3.63, 3.8) is 0 Å². The van der Waals surface area contributed by atoms with Crippen LogP contribution in [0, 0.1) is 0 Å². The van der Waals surface area contributed by atoms with Crippen LogP contribution in [-0.4, -0.2) is 49.4 Å². The van der Waals surface area contributed by atoms with Crippen molar-refractivity contribution in [3.05, 3.63) is 48.3 Å². The third-order valence-corrected chi connectivity index (χ3v) is 5.04. The molecule has 1 fully saturated rings. The van der Waals surface area contributed by atoms with Crippen molar-refractivity contribution in [1.29, 1.82) is 0 Å². The van der Waals surface area contributed by atoms with Gasteiger partial charge in [-0.25, -0.2) is 9.97 Å². The third-order valence-electron chi connectivity index (χ3n) is 5.04. The van der Waals surface area contributed by atoms with Crippen LogP contribution in [0.1, 0.15) is 37.4 Å². The topological polar surface area (TPSA) is 54.3 Å². The number of hydrogen-bond donors (Lipinski definition) is 0. The van der Waals surface area contributed by atoms with Gasteiger partial charge in [0.1, 0.15) is 6.33 Å². The van der Waals surface area contributed by atoms with Crippen LogP contribution < -0.4 is 0 Å². The summed E-state index contributed by atoms with van der Waals surface area (Å²) >= 11 is 0. The van der Waals surface area contributed by atoms with E-state index in [1.165, 1.54) is 12.0 Å². The van der Waals surface area contributed by atoms with Crippen molar-refractivity contribution in [2.24, 2.45) is 7.05 Å². The number of likely N-dealkylation sites (tertiary alicyclic amines) is 1. The van der Waals surface area contributed by atoms with Gasteiger partial charge in [0, 0.05) is 69.5 Å². The van der Waals surface area contributed by atoms with Gasteiger partial charge >= 0.3 is 0 Å². The fraction of sp³-hybridized carbons (Fsp3) is 0.526. The van der Waals surface area contributed by atoms with E-state index in [0.717, 1.165) is 44.5 Å². The van der Waals surface area contributed by atoms with E-state index < -0.39 is 0 Å². The number of nitrogens with zero attached hydrogens (tertiary/aromatic N) is 5. The molecule has 1 atom stereocenters. The number of carbonyl (C=O) groups excluding carboxylic acids is 1. The highest BCUT2D eigenvalue weighted by atomic mass is 16.2. The van der Waals surface area contributed by atoms with E-state index in [0.29, 0.717) is 6.54 Å². The molecule has 0 bridgehead atoms. The van der Waals surface area contributed by atoms with Gasteiger partial charge in [-0.2, -0.15) is 0 Å². The first-order valence-electron chi connectivity index (χ1n) is 8.97. The van der Waals surface area contributed by atoms with Gasteiger partial charge in [0.25, 0.3) is 0 Å². The molecule has 134 valence electrons. The highest BCUT2D eigenvalue weighted by Gasteiger charge is 2.25. The molecule has 25 heavy (non-hydrogen) atoms. The quantitative estimate of drug-likeness (QED) is 0.837. The second-order valence-electron chi connectivity index (χ2n) is 6.86. The second kappa shape index (κ2) is 8.25. The zero-order valence-corrected chi connectivity index (χ0v) is 15.1. The standard InChI is InChI=1S/C19H27N5O/c1-16(25)24(13-17-11-20-15-21-12-17)18-5-4-9-23(10-7-18)14-19-6-3-8-22(19)2/h3,6,8,11-12,15,18H,4-5,7,9-10,13-14H2,1-2H3/t18-/m1/s1. The summed E-state index contributed by atoms with van der Waals surface area (Å²) in [4.78, 5) is 24.8. The molecule has 0 aliphatic carbocycles. The Morgan fingerprint density at radius 1 is 1.28 bits per heavy atom. The van der Waals surface area contributed by atoms with Crippen LogP contribution >= 0.6 is 0 Å². The largest absolute Gasteiger partial charge is 0.353 e. The van der Waals surface area contributed by atoms with E-state index in [-0.39, 0.29) is 11.9 Å². The maximum absolute atomic E-state index is 12.2. The van der Waals surface area contributed by atoms with Crippen molar-refractivity contribution in [2.75, 3.05) is 13.1 Å². The first-order chi connectivity index (χ1) is 12.1. The summed E-state index contributed by atoms with van der Waals surface area (Å²) in [6.45, 7) is 5.34. The van der Waals surface area contributed by atoms with E-state index in [9.17, 15) is 4.79 Å². The lowest BCUT2D eigenvalue weighted by Crippen LogP contribution is -2.39. The average Bonchev–Trinajstić information content (AvgIpc) is 2.87. The van der Waals surface area contributed by atoms with E-state index in [2.05, 4.69) is 44.8 Å². The molecule has 2 aromatic rings. The highest BCUT2D eigenvalue weighted by molar-refractivity contribution is 5.73. The average molecular weight is 341 g/mol. The number of rotatable bonds is 5. The molecule has 0 unspecified atom stereocenters. The normalized spacial score (nSPS) is 18.7. The minimum Gasteiger partial charge on any atom is -0.353 e. The lowest BCUT2D eigenvalue weighted by Gasteiger charge is -2.30. The molecule has 0 aromatic carbocycles. The lowest BCUT2D eigenvalue weighted by atomic mass is 10.1. The molecule has 0 saturated carbocycles. The summed E-state index contributed by atoms with van der Waals surface area (Å²) < 4.78 is 2.18. The summed E-state index contributed by atoms with van der Waals surface area (Å²) in [6.07, 6.45) is 10.4. The Bertz CT molecular complexity index is 684. The van der Waals surface area contributed by atoms with Crippen molar-refractivity contribution in [3.8, 4) is 0 Å². The second-order valence-corrected chi connectivity index (χ2v) is 6.86. The third kappa shape index (κ3) is 4.66. The fourth-order valence-corrected chi connectivity index (χ4v) is 3.60. The monoisotopic (exact) mass is 341 g/mol. The van der Waals surface area contributed by atoms with Gasteiger partial charge in [0.15, 0.2) is 0 Å². The molecule has 1 amide bonds. The van der Waals surface area contributed by atoms with Crippen LogP contribution in [-0.2, 0) is 24.9 Å². The van der Waals surface area contributed by atoms with Crippen molar-refractivity contribution < 1.29 is 4.79 Å². The molecule has 6 heteroatoms. The Morgan fingerprint density at radius 2 is 2.08 bits per heavy atom. The van der Waals surface area contributed by atoms with Gasteiger partial charge in [-0.15, -0.1) is 0 Å². The fourth-order valence-electron chi connectivity index (χ4n) is 3.60. The van der Waals surface area contributed by atoms with Crippen molar-refractivity contribution >= 4 is 5.91 Å². The Morgan fingerprint density at radius 3 is 2.76 bits per heavy atom. The van der Waals surface area contributed by atoms with E-state index in [1.54, 1.807) is 19.3 Å². The zero-order valence-electron chi connectivity index (χ0n) is 15.1. The Hall–Kier alpha value is -2.21. The van der Waals surface area contributed by atoms with E-state index in [4.69, 9.17) is 0 Å². The summed E-state index contributed by atoms with van der Waals surface area (Å²) in [5.74, 6) is 0.129. The minimum atomic E-state index is 0.129. The molecule has 0 N–H and O–H groups in total. The molecule has 3 heterocycles. The predicted molar refractivity (Wildman–Crippen MR) is 96.6 cm³/mol. The molecule has 3 rings (SSSR count). The van der Waals surface area contributed by atoms with Gasteiger partial charge in [0.2, 0.25) is 5.91 Å². The van der Waals surface area contributed by atoms with Crippen molar-refractivity contribution in [2.45, 2.75) is 45.3 Å². The summed E-state index contributed by atoms with van der Waals surface area (Å²) in [5.41, 5.74) is 2.32. The first-order valence-corrected chi connectivity index (χ1v) is 8.97. The Labute approximate surface area is 149 Å². The number of carbonyl (C=O) groups is 1. The molecule has 6 nitrogen and oxygen atoms in total. The molecule has 0 radical (unpaired) electrons. The molecule has 1 aliphatic heterocycles. The molecular formula is C19H27N5O. The number of hydrogen-bond acceptors (Lipinski definition) is 4. The summed E-state index contributed by atoms with van der Waals surface area (Å²) in [6, 6.07) is 4.56. The van der Waals surface area contributed by atoms with Gasteiger partial charge in [-0.1, -0.05) is 0 Å². The highest BCUT2D eigenvalue weighted by Crippen LogP contribution is 2.20. The van der Waals surface area contributed by atoms with Crippen LogP contribution in [0.5, 0.6) is 0 Å². The van der Waals surface area contributed by atoms with Gasteiger partial charge < -0.3 is 9.47 Å². The number of amides is 1. The Kier molecular flexibility index (Phi) is 5.81.